The largest absolute Gasteiger partial charge is 0.508 e. The first-order chi connectivity index (χ1) is 8.88. The van der Waals surface area contributed by atoms with Crippen molar-refractivity contribution in [2.45, 2.75) is 57.8 Å². The monoisotopic (exact) mass is 262 g/mol. The molecule has 3 nitrogen and oxygen atoms in total. The van der Waals surface area contributed by atoms with Crippen LogP contribution >= 0.6 is 0 Å². The first-order valence-corrected chi connectivity index (χ1v) is 6.96. The second kappa shape index (κ2) is 4.87. The van der Waals surface area contributed by atoms with Crippen molar-refractivity contribution < 1.29 is 15.0 Å². The van der Waals surface area contributed by atoms with Crippen LogP contribution in [-0.4, -0.2) is 16.2 Å². The molecule has 1 fully saturated rings. The number of aliphatic carboxylic acids is 1. The number of hydrogen-bond acceptors (Lipinski definition) is 2. The Balaban J connectivity index is 2.60. The molecule has 1 aliphatic rings. The van der Waals surface area contributed by atoms with Gasteiger partial charge in [0.05, 0.1) is 5.41 Å². The fourth-order valence-electron chi connectivity index (χ4n) is 3.29. The zero-order chi connectivity index (χ0) is 14.2. The number of hydrogen-bond donors (Lipinski definition) is 2. The van der Waals surface area contributed by atoms with Crippen molar-refractivity contribution in [2.75, 3.05) is 0 Å². The molecule has 19 heavy (non-hydrogen) atoms. The number of phenols is 1. The quantitative estimate of drug-likeness (QED) is 0.872. The maximum atomic E-state index is 11.7. The Bertz CT molecular complexity index is 497. The van der Waals surface area contributed by atoms with E-state index >= 15 is 0 Å². The summed E-state index contributed by atoms with van der Waals surface area (Å²) < 4.78 is 0. The highest BCUT2D eigenvalue weighted by atomic mass is 16.4. The van der Waals surface area contributed by atoms with E-state index in [-0.39, 0.29) is 5.75 Å². The topological polar surface area (TPSA) is 57.5 Å². The van der Waals surface area contributed by atoms with Gasteiger partial charge in [-0.25, -0.2) is 0 Å². The van der Waals surface area contributed by atoms with Crippen LogP contribution in [0.4, 0.5) is 0 Å². The molecule has 0 unspecified atom stereocenters. The smallest absolute Gasteiger partial charge is 0.314 e. The molecule has 0 bridgehead atoms. The van der Waals surface area contributed by atoms with Gasteiger partial charge in [-0.15, -0.1) is 0 Å². The number of carboxylic acid groups (broad SMARTS) is 1. The van der Waals surface area contributed by atoms with Crippen molar-refractivity contribution in [2.24, 2.45) is 0 Å². The van der Waals surface area contributed by atoms with Crippen LogP contribution in [0.1, 0.15) is 62.1 Å². The standard InChI is InChI=1S/C16H22O3/c1-10(2)12-9-13(14(17)8-11(12)3)16(15(18)19)6-4-5-7-16/h8-10,17H,4-7H2,1-3H3,(H,18,19). The van der Waals surface area contributed by atoms with Crippen LogP contribution < -0.4 is 0 Å². The lowest BCUT2D eigenvalue weighted by molar-refractivity contribution is -0.143. The van der Waals surface area contributed by atoms with Gasteiger partial charge in [0.25, 0.3) is 0 Å². The molecule has 104 valence electrons. The summed E-state index contributed by atoms with van der Waals surface area (Å²) >= 11 is 0. The van der Waals surface area contributed by atoms with Crippen LogP contribution in [0.3, 0.4) is 0 Å². The highest BCUT2D eigenvalue weighted by Crippen LogP contribution is 2.46. The first-order valence-electron chi connectivity index (χ1n) is 6.96. The molecule has 3 heteroatoms. The van der Waals surface area contributed by atoms with Crippen molar-refractivity contribution in [3.63, 3.8) is 0 Å². The minimum Gasteiger partial charge on any atom is -0.508 e. The molecule has 2 N–H and O–H groups in total. The third-order valence-electron chi connectivity index (χ3n) is 4.39. The maximum absolute atomic E-state index is 11.7. The fraction of sp³-hybridized carbons (Fsp3) is 0.562. The van der Waals surface area contributed by atoms with Gasteiger partial charge >= 0.3 is 5.97 Å². The van der Waals surface area contributed by atoms with E-state index in [2.05, 4.69) is 13.8 Å². The van der Waals surface area contributed by atoms with Gasteiger partial charge in [-0.2, -0.15) is 0 Å². The van der Waals surface area contributed by atoms with Gasteiger partial charge in [0.15, 0.2) is 0 Å². The third-order valence-corrected chi connectivity index (χ3v) is 4.39. The minimum atomic E-state index is -0.887. The molecule has 1 saturated carbocycles. The van der Waals surface area contributed by atoms with Gasteiger partial charge in [0, 0.05) is 5.56 Å². The predicted octanol–water partition coefficient (Wildman–Crippen LogP) is 3.72. The molecule has 0 aliphatic heterocycles. The Morgan fingerprint density at radius 3 is 2.32 bits per heavy atom. The lowest BCUT2D eigenvalue weighted by Gasteiger charge is -2.27. The second-order valence-electron chi connectivity index (χ2n) is 5.98. The fourth-order valence-corrected chi connectivity index (χ4v) is 3.29. The van der Waals surface area contributed by atoms with E-state index in [0.717, 1.165) is 24.0 Å². The Labute approximate surface area is 114 Å². The summed E-state index contributed by atoms with van der Waals surface area (Å²) in [5.41, 5.74) is 1.86. The summed E-state index contributed by atoms with van der Waals surface area (Å²) in [5, 5.41) is 19.8. The number of aromatic hydroxyl groups is 1. The number of carbonyl (C=O) groups is 1. The molecule has 0 heterocycles. The zero-order valence-corrected chi connectivity index (χ0v) is 11.9. The van der Waals surface area contributed by atoms with Crippen LogP contribution in [-0.2, 0) is 10.2 Å². The molecule has 1 aromatic carbocycles. The van der Waals surface area contributed by atoms with Crippen molar-refractivity contribution >= 4 is 5.97 Å². The molecule has 1 aromatic rings. The van der Waals surface area contributed by atoms with E-state index in [1.807, 2.05) is 13.0 Å². The Morgan fingerprint density at radius 1 is 1.26 bits per heavy atom. The zero-order valence-electron chi connectivity index (χ0n) is 11.9. The molecule has 0 spiro atoms. The summed E-state index contributed by atoms with van der Waals surface area (Å²) in [6.45, 7) is 6.14. The lowest BCUT2D eigenvalue weighted by Crippen LogP contribution is -2.32. The first kappa shape index (κ1) is 13.9. The number of rotatable bonds is 3. The molecular formula is C16H22O3. The third kappa shape index (κ3) is 2.22. The van der Waals surface area contributed by atoms with Gasteiger partial charge in [-0.3, -0.25) is 4.79 Å². The minimum absolute atomic E-state index is 0.131. The molecule has 1 aliphatic carbocycles. The number of phenolic OH excluding ortho intramolecular Hbond substituents is 1. The summed E-state index contributed by atoms with van der Waals surface area (Å²) in [7, 11) is 0. The lowest BCUT2D eigenvalue weighted by atomic mass is 9.76. The molecule has 0 aromatic heterocycles. The highest BCUT2D eigenvalue weighted by molar-refractivity contribution is 5.83. The van der Waals surface area contributed by atoms with Crippen LogP contribution in [0.5, 0.6) is 5.75 Å². The molecule has 2 rings (SSSR count). The van der Waals surface area contributed by atoms with Crippen LogP contribution in [0.2, 0.25) is 0 Å². The van der Waals surface area contributed by atoms with Crippen molar-refractivity contribution in [1.82, 2.24) is 0 Å². The Kier molecular flexibility index (Phi) is 3.57. The predicted molar refractivity (Wildman–Crippen MR) is 74.7 cm³/mol. The van der Waals surface area contributed by atoms with Crippen molar-refractivity contribution in [3.05, 3.63) is 28.8 Å². The summed E-state index contributed by atoms with van der Waals surface area (Å²) in [5.74, 6) is -0.350. The Hall–Kier alpha value is -1.51. The normalized spacial score (nSPS) is 17.9. The van der Waals surface area contributed by atoms with E-state index in [9.17, 15) is 15.0 Å². The number of aryl methyl sites for hydroxylation is 1. The van der Waals surface area contributed by atoms with Crippen LogP contribution in [0.15, 0.2) is 12.1 Å². The van der Waals surface area contributed by atoms with E-state index in [1.165, 1.54) is 0 Å². The molecular weight excluding hydrogens is 240 g/mol. The SMILES string of the molecule is Cc1cc(O)c(C2(C(=O)O)CCCC2)cc1C(C)C. The van der Waals surface area contributed by atoms with Gasteiger partial charge in [-0.05, 0) is 42.9 Å². The van der Waals surface area contributed by atoms with E-state index in [4.69, 9.17) is 0 Å². The van der Waals surface area contributed by atoms with Gasteiger partial charge in [-0.1, -0.05) is 32.8 Å². The van der Waals surface area contributed by atoms with Crippen molar-refractivity contribution in [3.8, 4) is 5.75 Å². The van der Waals surface area contributed by atoms with Gasteiger partial charge in [0.2, 0.25) is 0 Å². The average molecular weight is 262 g/mol. The Morgan fingerprint density at radius 2 is 1.84 bits per heavy atom. The number of carboxylic acids is 1. The molecule has 0 saturated heterocycles. The van der Waals surface area contributed by atoms with E-state index in [0.29, 0.717) is 24.3 Å². The molecule has 0 radical (unpaired) electrons. The summed E-state index contributed by atoms with van der Waals surface area (Å²) in [6, 6.07) is 3.63. The number of benzene rings is 1. The summed E-state index contributed by atoms with van der Waals surface area (Å²) in [6.07, 6.45) is 3.07. The highest BCUT2D eigenvalue weighted by Gasteiger charge is 2.44. The van der Waals surface area contributed by atoms with Gasteiger partial charge < -0.3 is 10.2 Å². The average Bonchev–Trinajstić information content (AvgIpc) is 2.78. The second-order valence-corrected chi connectivity index (χ2v) is 5.98. The van der Waals surface area contributed by atoms with Gasteiger partial charge in [0.1, 0.15) is 5.75 Å². The van der Waals surface area contributed by atoms with Crippen LogP contribution in [0.25, 0.3) is 0 Å². The maximum Gasteiger partial charge on any atom is 0.314 e. The molecule has 0 atom stereocenters. The van der Waals surface area contributed by atoms with Crippen LogP contribution in [0, 0.1) is 6.92 Å². The van der Waals surface area contributed by atoms with Crippen molar-refractivity contribution in [1.29, 1.82) is 0 Å². The van der Waals surface area contributed by atoms with E-state index < -0.39 is 11.4 Å². The van der Waals surface area contributed by atoms with E-state index in [1.54, 1.807) is 6.07 Å². The summed E-state index contributed by atoms with van der Waals surface area (Å²) in [4.78, 5) is 11.7. The molecule has 0 amide bonds.